The van der Waals surface area contributed by atoms with Crippen molar-refractivity contribution >= 4 is 5.69 Å². The molecule has 2 atom stereocenters. The molecule has 1 aliphatic heterocycles. The molecule has 1 aromatic carbocycles. The third kappa shape index (κ3) is 3.24. The lowest BCUT2D eigenvalue weighted by Crippen LogP contribution is -2.34. The maximum atomic E-state index is 5.70. The summed E-state index contributed by atoms with van der Waals surface area (Å²) in [6.07, 6.45) is 1.12. The Balaban J connectivity index is 1.83. The molecule has 1 aliphatic rings. The first-order valence-corrected chi connectivity index (χ1v) is 6.79. The molecule has 0 saturated carbocycles. The Labute approximate surface area is 111 Å². The van der Waals surface area contributed by atoms with Gasteiger partial charge in [-0.25, -0.2) is 0 Å². The highest BCUT2D eigenvalue weighted by Gasteiger charge is 2.30. The molecular weight excluding hydrogens is 222 g/mol. The van der Waals surface area contributed by atoms with E-state index in [1.54, 1.807) is 0 Å². The Morgan fingerprint density at radius 2 is 1.89 bits per heavy atom. The van der Waals surface area contributed by atoms with Crippen molar-refractivity contribution in [3.63, 3.8) is 0 Å². The van der Waals surface area contributed by atoms with Crippen molar-refractivity contribution in [3.05, 3.63) is 29.8 Å². The summed E-state index contributed by atoms with van der Waals surface area (Å²) in [5.74, 6) is 0.770. The monoisotopic (exact) mass is 247 g/mol. The third-order valence-corrected chi connectivity index (χ3v) is 4.01. The molecule has 3 heteroatoms. The van der Waals surface area contributed by atoms with Gasteiger partial charge in [-0.3, -0.25) is 0 Å². The van der Waals surface area contributed by atoms with Gasteiger partial charge < -0.3 is 15.5 Å². The van der Waals surface area contributed by atoms with Gasteiger partial charge in [0.1, 0.15) is 0 Å². The average Bonchev–Trinajstić information content (AvgIpc) is 2.70. The molecule has 18 heavy (non-hydrogen) atoms. The van der Waals surface area contributed by atoms with Crippen LogP contribution in [0, 0.1) is 5.92 Å². The van der Waals surface area contributed by atoms with Crippen molar-refractivity contribution in [1.82, 2.24) is 9.80 Å². The summed E-state index contributed by atoms with van der Waals surface area (Å²) >= 11 is 0. The quantitative estimate of drug-likeness (QED) is 0.822. The van der Waals surface area contributed by atoms with Gasteiger partial charge in [0.2, 0.25) is 0 Å². The summed E-state index contributed by atoms with van der Waals surface area (Å²) in [5.41, 5.74) is 7.93. The maximum absolute atomic E-state index is 5.70. The van der Waals surface area contributed by atoms with Crippen LogP contribution in [0.5, 0.6) is 0 Å². The first-order chi connectivity index (χ1) is 8.56. The molecule has 1 heterocycles. The van der Waals surface area contributed by atoms with Crippen molar-refractivity contribution < 1.29 is 0 Å². The molecule has 2 rings (SSSR count). The van der Waals surface area contributed by atoms with Gasteiger partial charge in [-0.05, 0) is 44.1 Å². The number of rotatable bonds is 4. The number of nitrogen functional groups attached to an aromatic ring is 1. The molecule has 1 saturated heterocycles. The summed E-state index contributed by atoms with van der Waals surface area (Å²) in [6.45, 7) is 5.92. The van der Waals surface area contributed by atoms with Crippen LogP contribution in [0.3, 0.4) is 0 Å². The van der Waals surface area contributed by atoms with Gasteiger partial charge >= 0.3 is 0 Å². The Morgan fingerprint density at radius 3 is 2.44 bits per heavy atom. The summed E-state index contributed by atoms with van der Waals surface area (Å²) in [5, 5.41) is 0. The second-order valence-electron chi connectivity index (χ2n) is 5.76. The van der Waals surface area contributed by atoms with E-state index in [0.29, 0.717) is 6.04 Å². The molecule has 2 N–H and O–H groups in total. The minimum absolute atomic E-state index is 0.705. The van der Waals surface area contributed by atoms with E-state index in [2.05, 4.69) is 43.0 Å². The van der Waals surface area contributed by atoms with Crippen LogP contribution in [0.4, 0.5) is 5.69 Å². The molecule has 0 aromatic heterocycles. The maximum Gasteiger partial charge on any atom is 0.0314 e. The molecule has 1 fully saturated rings. The number of likely N-dealkylation sites (N-methyl/N-ethyl adjacent to an activating group) is 1. The SMILES string of the molecule is CC1CN(CCc2ccc(N)cc2)CC1N(C)C. The molecule has 0 spiro atoms. The molecule has 0 radical (unpaired) electrons. The normalized spacial score (nSPS) is 24.9. The fourth-order valence-corrected chi connectivity index (χ4v) is 2.87. The van der Waals surface area contributed by atoms with Gasteiger partial charge in [-0.15, -0.1) is 0 Å². The number of anilines is 1. The van der Waals surface area contributed by atoms with Gasteiger partial charge in [0.05, 0.1) is 0 Å². The Bertz CT molecular complexity index is 372. The summed E-state index contributed by atoms with van der Waals surface area (Å²) in [6, 6.07) is 8.96. The molecule has 1 aromatic rings. The number of nitrogens with two attached hydrogens (primary N) is 1. The molecule has 100 valence electrons. The van der Waals surface area contributed by atoms with Crippen LogP contribution >= 0.6 is 0 Å². The zero-order valence-corrected chi connectivity index (χ0v) is 11.8. The number of likely N-dealkylation sites (tertiary alicyclic amines) is 1. The highest BCUT2D eigenvalue weighted by atomic mass is 15.2. The number of hydrogen-bond donors (Lipinski definition) is 1. The van der Waals surface area contributed by atoms with Crippen molar-refractivity contribution in [2.75, 3.05) is 39.5 Å². The predicted octanol–water partition coefficient (Wildman–Crippen LogP) is 1.69. The molecular formula is C15H25N3. The van der Waals surface area contributed by atoms with E-state index >= 15 is 0 Å². The Kier molecular flexibility index (Phi) is 4.25. The van der Waals surface area contributed by atoms with Crippen molar-refractivity contribution in [2.45, 2.75) is 19.4 Å². The molecule has 0 bridgehead atoms. The van der Waals surface area contributed by atoms with Crippen LogP contribution < -0.4 is 5.73 Å². The summed E-state index contributed by atoms with van der Waals surface area (Å²) in [7, 11) is 4.37. The van der Waals surface area contributed by atoms with Crippen LogP contribution in [-0.4, -0.2) is 49.6 Å². The lowest BCUT2D eigenvalue weighted by molar-refractivity contribution is 0.252. The second-order valence-corrected chi connectivity index (χ2v) is 5.76. The van der Waals surface area contributed by atoms with Gasteiger partial charge in [-0.2, -0.15) is 0 Å². The van der Waals surface area contributed by atoms with Crippen molar-refractivity contribution in [3.8, 4) is 0 Å². The zero-order valence-electron chi connectivity index (χ0n) is 11.8. The fourth-order valence-electron chi connectivity index (χ4n) is 2.87. The van der Waals surface area contributed by atoms with E-state index in [-0.39, 0.29) is 0 Å². The second kappa shape index (κ2) is 5.72. The number of hydrogen-bond acceptors (Lipinski definition) is 3. The van der Waals surface area contributed by atoms with E-state index in [9.17, 15) is 0 Å². The molecule has 2 unspecified atom stereocenters. The topological polar surface area (TPSA) is 32.5 Å². The molecule has 0 amide bonds. The van der Waals surface area contributed by atoms with E-state index < -0.39 is 0 Å². The molecule has 0 aliphatic carbocycles. The highest BCUT2D eigenvalue weighted by molar-refractivity contribution is 5.39. The lowest BCUT2D eigenvalue weighted by Gasteiger charge is -2.22. The largest absolute Gasteiger partial charge is 0.399 e. The average molecular weight is 247 g/mol. The van der Waals surface area contributed by atoms with Crippen LogP contribution in [0.15, 0.2) is 24.3 Å². The van der Waals surface area contributed by atoms with Crippen molar-refractivity contribution in [2.24, 2.45) is 5.92 Å². The van der Waals surface area contributed by atoms with E-state index in [0.717, 1.165) is 24.6 Å². The Morgan fingerprint density at radius 1 is 1.22 bits per heavy atom. The first-order valence-electron chi connectivity index (χ1n) is 6.79. The van der Waals surface area contributed by atoms with Gasteiger partial charge in [-0.1, -0.05) is 19.1 Å². The van der Waals surface area contributed by atoms with Crippen LogP contribution in [0.25, 0.3) is 0 Å². The van der Waals surface area contributed by atoms with Gasteiger partial charge in [0, 0.05) is 31.4 Å². The third-order valence-electron chi connectivity index (χ3n) is 4.01. The first kappa shape index (κ1) is 13.4. The molecule has 3 nitrogen and oxygen atoms in total. The van der Waals surface area contributed by atoms with Gasteiger partial charge in [0.15, 0.2) is 0 Å². The van der Waals surface area contributed by atoms with E-state index in [1.807, 2.05) is 12.1 Å². The summed E-state index contributed by atoms with van der Waals surface area (Å²) < 4.78 is 0. The van der Waals surface area contributed by atoms with Crippen LogP contribution in [-0.2, 0) is 6.42 Å². The standard InChI is InChI=1S/C15H25N3/c1-12-10-18(11-15(12)17(2)3)9-8-13-4-6-14(16)7-5-13/h4-7,12,15H,8-11,16H2,1-3H3. The predicted molar refractivity (Wildman–Crippen MR) is 77.6 cm³/mol. The van der Waals surface area contributed by atoms with Crippen molar-refractivity contribution in [1.29, 1.82) is 0 Å². The van der Waals surface area contributed by atoms with Crippen LogP contribution in [0.1, 0.15) is 12.5 Å². The minimum atomic E-state index is 0.705. The lowest BCUT2D eigenvalue weighted by atomic mass is 10.1. The smallest absolute Gasteiger partial charge is 0.0314 e. The van der Waals surface area contributed by atoms with Gasteiger partial charge in [0.25, 0.3) is 0 Å². The Hall–Kier alpha value is -1.06. The summed E-state index contributed by atoms with van der Waals surface area (Å²) in [4.78, 5) is 4.93. The van der Waals surface area contributed by atoms with E-state index in [1.165, 1.54) is 18.7 Å². The number of nitrogens with zero attached hydrogens (tertiary/aromatic N) is 2. The highest BCUT2D eigenvalue weighted by Crippen LogP contribution is 2.20. The minimum Gasteiger partial charge on any atom is -0.399 e. The van der Waals surface area contributed by atoms with Crippen LogP contribution in [0.2, 0.25) is 0 Å². The van der Waals surface area contributed by atoms with E-state index in [4.69, 9.17) is 5.73 Å². The number of benzene rings is 1. The zero-order chi connectivity index (χ0) is 13.1. The fraction of sp³-hybridized carbons (Fsp3) is 0.600.